The Morgan fingerprint density at radius 3 is 2.55 bits per heavy atom. The number of aromatic nitrogens is 1. The summed E-state index contributed by atoms with van der Waals surface area (Å²) in [7, 11) is 3.31. The minimum Gasteiger partial charge on any atom is -0.497 e. The molecule has 3 atom stereocenters. The first-order chi connectivity index (χ1) is 18.5. The summed E-state index contributed by atoms with van der Waals surface area (Å²) >= 11 is 0. The lowest BCUT2D eigenvalue weighted by Crippen LogP contribution is -2.41. The maximum absolute atomic E-state index is 11.4. The molecule has 3 aromatic rings. The van der Waals surface area contributed by atoms with E-state index in [1.807, 2.05) is 36.4 Å². The highest BCUT2D eigenvalue weighted by molar-refractivity contribution is 5.83. The summed E-state index contributed by atoms with van der Waals surface area (Å²) in [4.78, 5) is 18.3. The van der Waals surface area contributed by atoms with E-state index in [2.05, 4.69) is 22.0 Å². The number of nitrogens with zero attached hydrogens (tertiary/aromatic N) is 2. The van der Waals surface area contributed by atoms with Crippen LogP contribution in [0, 0.1) is 11.8 Å². The van der Waals surface area contributed by atoms with E-state index < -0.39 is 12.1 Å². The summed E-state index contributed by atoms with van der Waals surface area (Å²) in [5.74, 6) is 1.61. The summed E-state index contributed by atoms with van der Waals surface area (Å²) in [6.07, 6.45) is 6.65. The lowest BCUT2D eigenvalue weighted by molar-refractivity contribution is -0.137. The SMILES string of the molecule is COc1ccc(CCCN2CC[C@@H](CCC(O)c3ccnc4ccc(OC)cc34)[C@@H](CCC(=O)O)C2)cc1. The smallest absolute Gasteiger partial charge is 0.303 e. The number of aliphatic carboxylic acids is 1. The van der Waals surface area contributed by atoms with E-state index in [4.69, 9.17) is 9.47 Å². The minimum absolute atomic E-state index is 0.193. The molecular weight excluding hydrogens is 480 g/mol. The highest BCUT2D eigenvalue weighted by Crippen LogP contribution is 2.35. The van der Waals surface area contributed by atoms with Gasteiger partial charge < -0.3 is 24.6 Å². The van der Waals surface area contributed by atoms with E-state index in [0.717, 1.165) is 73.3 Å². The van der Waals surface area contributed by atoms with Crippen molar-refractivity contribution in [2.45, 2.75) is 51.0 Å². The maximum atomic E-state index is 11.4. The van der Waals surface area contributed by atoms with Gasteiger partial charge in [0.2, 0.25) is 0 Å². The van der Waals surface area contributed by atoms with Crippen molar-refractivity contribution in [3.63, 3.8) is 0 Å². The number of likely N-dealkylation sites (tertiary alicyclic amines) is 1. The topological polar surface area (TPSA) is 92.1 Å². The third-order valence-electron chi connectivity index (χ3n) is 7.96. The standard InChI is InChI=1S/C31H40N2O5/c1-37-25-9-5-22(6-10-25)4-3-18-33-19-16-23(24(21-33)8-14-31(35)36)7-13-30(34)27-15-17-32-29-12-11-26(38-2)20-28(27)29/h5-6,9-12,15,17,20,23-24,30,34H,3-4,7-8,13-14,16,18-19,21H2,1-2H3,(H,35,36)/t23-,24+,30?/m1/s1. The zero-order chi connectivity index (χ0) is 26.9. The molecule has 7 heteroatoms. The number of aliphatic hydroxyl groups is 1. The fraction of sp³-hybridized carbons (Fsp3) is 0.484. The number of ether oxygens (including phenoxy) is 2. The second kappa shape index (κ2) is 13.6. The summed E-state index contributed by atoms with van der Waals surface area (Å²) in [5, 5.41) is 21.4. The molecule has 1 saturated heterocycles. The minimum atomic E-state index is -0.738. The maximum Gasteiger partial charge on any atom is 0.303 e. The van der Waals surface area contributed by atoms with E-state index in [1.54, 1.807) is 20.4 Å². The van der Waals surface area contributed by atoms with Crippen LogP contribution in [0.15, 0.2) is 54.7 Å². The zero-order valence-corrected chi connectivity index (χ0v) is 22.5. The molecule has 4 rings (SSSR count). The molecule has 0 aliphatic carbocycles. The lowest BCUT2D eigenvalue weighted by Gasteiger charge is -2.39. The number of rotatable bonds is 13. The van der Waals surface area contributed by atoms with E-state index in [1.165, 1.54) is 5.56 Å². The number of aryl methyl sites for hydroxylation is 1. The first kappa shape index (κ1) is 27.9. The van der Waals surface area contributed by atoms with Gasteiger partial charge in [0.15, 0.2) is 0 Å². The molecule has 204 valence electrons. The molecule has 0 amide bonds. The van der Waals surface area contributed by atoms with Gasteiger partial charge in [0.1, 0.15) is 11.5 Å². The van der Waals surface area contributed by atoms with Gasteiger partial charge in [0.05, 0.1) is 25.8 Å². The predicted molar refractivity (Wildman–Crippen MR) is 149 cm³/mol. The first-order valence-corrected chi connectivity index (χ1v) is 13.6. The molecular formula is C31H40N2O5. The molecule has 7 nitrogen and oxygen atoms in total. The van der Waals surface area contributed by atoms with E-state index in [0.29, 0.717) is 24.7 Å². The normalized spacial score (nSPS) is 18.8. The van der Waals surface area contributed by atoms with Gasteiger partial charge in [-0.15, -0.1) is 0 Å². The van der Waals surface area contributed by atoms with E-state index in [-0.39, 0.29) is 6.42 Å². The van der Waals surface area contributed by atoms with Crippen molar-refractivity contribution >= 4 is 16.9 Å². The Kier molecular flexibility index (Phi) is 9.96. The van der Waals surface area contributed by atoms with E-state index >= 15 is 0 Å². The molecule has 2 aromatic carbocycles. The lowest BCUT2D eigenvalue weighted by atomic mass is 9.79. The van der Waals surface area contributed by atoms with Crippen molar-refractivity contribution in [1.29, 1.82) is 0 Å². The number of carboxylic acids is 1. The number of carboxylic acid groups (broad SMARTS) is 1. The third kappa shape index (κ3) is 7.45. The van der Waals surface area contributed by atoms with Crippen LogP contribution in [0.1, 0.15) is 55.8 Å². The second-order valence-corrected chi connectivity index (χ2v) is 10.4. The number of hydrogen-bond acceptors (Lipinski definition) is 6. The molecule has 0 saturated carbocycles. The van der Waals surface area contributed by atoms with Gasteiger partial charge in [-0.2, -0.15) is 0 Å². The number of methoxy groups -OCH3 is 2. The number of aliphatic hydroxyl groups excluding tert-OH is 1. The highest BCUT2D eigenvalue weighted by atomic mass is 16.5. The number of pyridine rings is 1. The van der Waals surface area contributed by atoms with Gasteiger partial charge in [-0.1, -0.05) is 12.1 Å². The monoisotopic (exact) mass is 520 g/mol. The molecule has 0 radical (unpaired) electrons. The van der Waals surface area contributed by atoms with Gasteiger partial charge in [-0.05, 0) is 111 Å². The van der Waals surface area contributed by atoms with E-state index in [9.17, 15) is 15.0 Å². The van der Waals surface area contributed by atoms with Gasteiger partial charge >= 0.3 is 5.97 Å². The van der Waals surface area contributed by atoms with Crippen molar-refractivity contribution in [3.8, 4) is 11.5 Å². The fourth-order valence-corrected chi connectivity index (χ4v) is 5.77. The summed E-state index contributed by atoms with van der Waals surface area (Å²) in [6, 6.07) is 15.9. The Bertz CT molecular complexity index is 1180. The average Bonchev–Trinajstić information content (AvgIpc) is 2.95. The number of fused-ring (bicyclic) bond motifs is 1. The molecule has 0 spiro atoms. The average molecular weight is 521 g/mol. The van der Waals surface area contributed by atoms with Gasteiger partial charge in [-0.3, -0.25) is 9.78 Å². The van der Waals surface area contributed by atoms with Crippen LogP contribution in [-0.2, 0) is 11.2 Å². The van der Waals surface area contributed by atoms with Crippen LogP contribution in [0.4, 0.5) is 0 Å². The first-order valence-electron chi connectivity index (χ1n) is 13.6. The molecule has 1 unspecified atom stereocenters. The Hall–Kier alpha value is -3.16. The molecule has 38 heavy (non-hydrogen) atoms. The largest absolute Gasteiger partial charge is 0.497 e. The summed E-state index contributed by atoms with van der Waals surface area (Å²) in [6.45, 7) is 2.95. The van der Waals surface area contributed by atoms with Crippen LogP contribution in [0.3, 0.4) is 0 Å². The molecule has 2 N–H and O–H groups in total. The highest BCUT2D eigenvalue weighted by Gasteiger charge is 2.30. The number of piperidine rings is 1. The second-order valence-electron chi connectivity index (χ2n) is 10.4. The summed E-state index contributed by atoms with van der Waals surface area (Å²) in [5.41, 5.74) is 3.01. The van der Waals surface area contributed by atoms with Gasteiger partial charge in [0.25, 0.3) is 0 Å². The quantitative estimate of drug-likeness (QED) is 0.307. The Morgan fingerprint density at radius 2 is 1.82 bits per heavy atom. The number of hydrogen-bond donors (Lipinski definition) is 2. The molecule has 1 aromatic heterocycles. The van der Waals surface area contributed by atoms with Gasteiger partial charge in [-0.25, -0.2) is 0 Å². The van der Waals surface area contributed by atoms with Crippen LogP contribution in [0.2, 0.25) is 0 Å². The van der Waals surface area contributed by atoms with Gasteiger partial charge in [0, 0.05) is 24.5 Å². The van der Waals surface area contributed by atoms with Crippen LogP contribution < -0.4 is 9.47 Å². The number of carbonyl (C=O) groups is 1. The van der Waals surface area contributed by atoms with Crippen LogP contribution in [0.25, 0.3) is 10.9 Å². The third-order valence-corrected chi connectivity index (χ3v) is 7.96. The van der Waals surface area contributed by atoms with Crippen LogP contribution in [0.5, 0.6) is 11.5 Å². The van der Waals surface area contributed by atoms with Crippen molar-refractivity contribution in [2.75, 3.05) is 33.9 Å². The Morgan fingerprint density at radius 1 is 1.05 bits per heavy atom. The van der Waals surface area contributed by atoms with Crippen molar-refractivity contribution in [2.24, 2.45) is 11.8 Å². The Balaban J connectivity index is 1.33. The molecule has 0 bridgehead atoms. The van der Waals surface area contributed by atoms with Crippen molar-refractivity contribution in [1.82, 2.24) is 9.88 Å². The number of benzene rings is 2. The van der Waals surface area contributed by atoms with Crippen molar-refractivity contribution < 1.29 is 24.5 Å². The van der Waals surface area contributed by atoms with Crippen LogP contribution >= 0.6 is 0 Å². The molecule has 1 aliphatic rings. The summed E-state index contributed by atoms with van der Waals surface area (Å²) < 4.78 is 10.6. The van der Waals surface area contributed by atoms with Crippen LogP contribution in [-0.4, -0.2) is 59.9 Å². The van der Waals surface area contributed by atoms with Crippen molar-refractivity contribution in [3.05, 3.63) is 65.9 Å². The molecule has 1 fully saturated rings. The molecule has 1 aliphatic heterocycles. The Labute approximate surface area is 225 Å². The predicted octanol–water partition coefficient (Wildman–Crippen LogP) is 5.50. The zero-order valence-electron chi connectivity index (χ0n) is 22.5. The fourth-order valence-electron chi connectivity index (χ4n) is 5.77. The molecule has 2 heterocycles.